The molecule has 1 amide bonds. The standard InChI is InChI=1S/C28H34N5O2P/c1-4-33-17-25-28(33)36-26(14-29-25)30-19(3)20-6-5-7-23(13-20)31-27(35)21-8-9-22(18(2)12-21)15-32-11-10-24(34)16-32/h5-9,12-14,17,19,24,26,30,34,36H,4,10-11,15-16H2,1-3H3/p+1/t19?,24-,26?/m1/s1. The van der Waals surface area contributed by atoms with Gasteiger partial charge in [-0.05, 0) is 68.1 Å². The van der Waals surface area contributed by atoms with E-state index in [4.69, 9.17) is 0 Å². The van der Waals surface area contributed by atoms with Crippen molar-refractivity contribution in [1.29, 1.82) is 0 Å². The Bertz CT molecular complexity index is 1250. The number of aryl methyl sites for hydroxylation is 1. The lowest BCUT2D eigenvalue weighted by Crippen LogP contribution is -2.34. The van der Waals surface area contributed by atoms with Gasteiger partial charge in [-0.3, -0.25) is 15.0 Å². The van der Waals surface area contributed by atoms with E-state index in [0.717, 1.165) is 48.6 Å². The van der Waals surface area contributed by atoms with Gasteiger partial charge in [0.1, 0.15) is 6.54 Å². The molecule has 0 aromatic heterocycles. The van der Waals surface area contributed by atoms with Crippen LogP contribution in [0.3, 0.4) is 0 Å². The Morgan fingerprint density at radius 3 is 2.92 bits per heavy atom. The second-order valence-electron chi connectivity index (χ2n) is 9.84. The van der Waals surface area contributed by atoms with E-state index in [1.54, 1.807) is 0 Å². The Morgan fingerprint density at radius 2 is 2.17 bits per heavy atom. The second kappa shape index (κ2) is 10.7. The number of carbonyl (C=O) groups is 1. The van der Waals surface area contributed by atoms with E-state index in [1.807, 2.05) is 49.5 Å². The van der Waals surface area contributed by atoms with Crippen LogP contribution in [0.4, 0.5) is 5.69 Å². The number of hydrogen-bond acceptors (Lipinski definition) is 5. The molecule has 3 N–H and O–H groups in total. The van der Waals surface area contributed by atoms with E-state index in [1.165, 1.54) is 11.0 Å². The van der Waals surface area contributed by atoms with Crippen LogP contribution in [0.5, 0.6) is 0 Å². The molecule has 36 heavy (non-hydrogen) atoms. The number of amides is 1. The number of benzene rings is 2. The predicted octanol–water partition coefficient (Wildman–Crippen LogP) is 3.84. The van der Waals surface area contributed by atoms with Crippen molar-refractivity contribution in [2.24, 2.45) is 4.99 Å². The fourth-order valence-corrected chi connectivity index (χ4v) is 6.39. The molecule has 0 radical (unpaired) electrons. The summed E-state index contributed by atoms with van der Waals surface area (Å²) in [6, 6.07) is 14.0. The average molecular weight is 505 g/mol. The number of aliphatic hydroxyl groups is 1. The third kappa shape index (κ3) is 5.50. The van der Waals surface area contributed by atoms with Gasteiger partial charge in [0.25, 0.3) is 5.91 Å². The van der Waals surface area contributed by atoms with Crippen LogP contribution in [-0.4, -0.2) is 64.4 Å². The third-order valence-corrected chi connectivity index (χ3v) is 8.57. The van der Waals surface area contributed by atoms with Crippen LogP contribution >= 0.6 is 8.58 Å². The summed E-state index contributed by atoms with van der Waals surface area (Å²) in [5.41, 5.74) is 7.30. The largest absolute Gasteiger partial charge is 0.392 e. The summed E-state index contributed by atoms with van der Waals surface area (Å²) in [5.74, 6) is 0.102. The molecule has 5 rings (SSSR count). The minimum Gasteiger partial charge on any atom is -0.392 e. The lowest BCUT2D eigenvalue weighted by atomic mass is 10.0. The van der Waals surface area contributed by atoms with E-state index in [9.17, 15) is 9.90 Å². The van der Waals surface area contributed by atoms with Crippen LogP contribution in [-0.2, 0) is 6.54 Å². The van der Waals surface area contributed by atoms with E-state index in [2.05, 4.69) is 51.2 Å². The summed E-state index contributed by atoms with van der Waals surface area (Å²) in [6.07, 6.45) is 4.73. The molecule has 0 bridgehead atoms. The summed E-state index contributed by atoms with van der Waals surface area (Å²) in [7, 11) is 0.659. The minimum absolute atomic E-state index is 0.111. The molecule has 8 heteroatoms. The number of aliphatic imine (C=N–C) groups is 1. The van der Waals surface area contributed by atoms with Crippen molar-refractivity contribution in [2.75, 3.05) is 25.0 Å². The van der Waals surface area contributed by atoms with Gasteiger partial charge in [0, 0.05) is 51.7 Å². The molecular formula is C28H35N5O2P+. The van der Waals surface area contributed by atoms with Crippen LogP contribution < -0.4 is 10.6 Å². The quantitative estimate of drug-likeness (QED) is 0.377. The zero-order valence-corrected chi connectivity index (χ0v) is 22.2. The highest BCUT2D eigenvalue weighted by Crippen LogP contribution is 2.38. The van der Waals surface area contributed by atoms with Crippen molar-refractivity contribution in [3.8, 4) is 0 Å². The molecule has 188 valence electrons. The van der Waals surface area contributed by atoms with Crippen molar-refractivity contribution in [3.05, 3.63) is 75.9 Å². The van der Waals surface area contributed by atoms with Crippen LogP contribution in [0.2, 0.25) is 0 Å². The number of nitrogens with one attached hydrogen (secondary N) is 2. The van der Waals surface area contributed by atoms with E-state index < -0.39 is 0 Å². The molecule has 0 aliphatic carbocycles. The Morgan fingerprint density at radius 1 is 1.31 bits per heavy atom. The van der Waals surface area contributed by atoms with Gasteiger partial charge in [-0.25, -0.2) is 4.99 Å². The van der Waals surface area contributed by atoms with Gasteiger partial charge in [0.15, 0.2) is 5.70 Å². The maximum absolute atomic E-state index is 13.0. The van der Waals surface area contributed by atoms with Gasteiger partial charge in [-0.15, -0.1) is 0 Å². The van der Waals surface area contributed by atoms with Crippen molar-refractivity contribution in [3.63, 3.8) is 0 Å². The molecule has 7 nitrogen and oxygen atoms in total. The Hall–Kier alpha value is -2.70. The fraction of sp³-hybridized carbons (Fsp3) is 0.393. The molecule has 0 spiro atoms. The van der Waals surface area contributed by atoms with Crippen molar-refractivity contribution >= 4 is 32.6 Å². The predicted molar refractivity (Wildman–Crippen MR) is 148 cm³/mol. The second-order valence-corrected chi connectivity index (χ2v) is 11.2. The summed E-state index contributed by atoms with van der Waals surface area (Å²) < 4.78 is 2.27. The highest BCUT2D eigenvalue weighted by Gasteiger charge is 2.33. The smallest absolute Gasteiger partial charge is 0.255 e. The van der Waals surface area contributed by atoms with Gasteiger partial charge in [0.05, 0.1) is 11.9 Å². The third-order valence-electron chi connectivity index (χ3n) is 7.12. The molecule has 1 saturated heterocycles. The first-order chi connectivity index (χ1) is 17.4. The molecule has 3 aliphatic heterocycles. The first-order valence-electron chi connectivity index (χ1n) is 12.7. The maximum Gasteiger partial charge on any atom is 0.255 e. The summed E-state index contributed by atoms with van der Waals surface area (Å²) in [6.45, 7) is 9.76. The summed E-state index contributed by atoms with van der Waals surface area (Å²) in [4.78, 5) is 19.8. The number of hydrogen-bond donors (Lipinski definition) is 3. The number of carbonyl (C=O) groups excluding carboxylic acids is 1. The molecular weight excluding hydrogens is 469 g/mol. The first-order valence-corrected chi connectivity index (χ1v) is 13.8. The minimum atomic E-state index is -0.224. The molecule has 3 heterocycles. The number of rotatable bonds is 8. The monoisotopic (exact) mass is 504 g/mol. The van der Waals surface area contributed by atoms with Crippen molar-refractivity contribution < 1.29 is 14.5 Å². The normalized spacial score (nSPS) is 22.8. The molecule has 3 aliphatic rings. The van der Waals surface area contributed by atoms with Crippen molar-refractivity contribution in [2.45, 2.75) is 51.7 Å². The highest BCUT2D eigenvalue weighted by atomic mass is 31.1. The number of anilines is 1. The van der Waals surface area contributed by atoms with Crippen LogP contribution in [0.25, 0.3) is 0 Å². The fourth-order valence-electron chi connectivity index (χ4n) is 4.94. The Labute approximate surface area is 214 Å². The van der Waals surface area contributed by atoms with E-state index in [-0.39, 0.29) is 23.8 Å². The number of nitrogens with zero attached hydrogens (tertiary/aromatic N) is 3. The summed E-state index contributed by atoms with van der Waals surface area (Å²) in [5, 5.41) is 16.5. The van der Waals surface area contributed by atoms with Gasteiger partial charge in [-0.2, -0.15) is 4.58 Å². The highest BCUT2D eigenvalue weighted by molar-refractivity contribution is 7.44. The average Bonchev–Trinajstić information content (AvgIpc) is 3.27. The lowest BCUT2D eigenvalue weighted by molar-refractivity contribution is -0.467. The van der Waals surface area contributed by atoms with Crippen LogP contribution in [0, 0.1) is 6.92 Å². The zero-order chi connectivity index (χ0) is 25.2. The first kappa shape index (κ1) is 25.0. The molecule has 3 unspecified atom stereocenters. The number of likely N-dealkylation sites (tertiary alicyclic amines) is 1. The molecule has 2 aromatic carbocycles. The van der Waals surface area contributed by atoms with E-state index >= 15 is 0 Å². The van der Waals surface area contributed by atoms with Crippen molar-refractivity contribution in [1.82, 2.24) is 10.2 Å². The Kier molecular flexibility index (Phi) is 7.44. The van der Waals surface area contributed by atoms with Gasteiger partial charge in [0.2, 0.25) is 11.7 Å². The zero-order valence-electron chi connectivity index (χ0n) is 21.2. The number of aliphatic hydroxyl groups excluding tert-OH is 1. The maximum atomic E-state index is 13.0. The lowest BCUT2D eigenvalue weighted by Gasteiger charge is -2.25. The van der Waals surface area contributed by atoms with Gasteiger partial charge < -0.3 is 10.4 Å². The van der Waals surface area contributed by atoms with Gasteiger partial charge >= 0.3 is 0 Å². The molecule has 1 fully saturated rings. The SMILES string of the molecule is CC[N+]1=CC2=C1PC(NC(C)c1cccc(NC(=O)c3ccc(CN4CC[C@@H](O)C4)c(C)c3)c1)C=N2. The Balaban J connectivity index is 1.19. The van der Waals surface area contributed by atoms with E-state index in [0.29, 0.717) is 20.7 Å². The van der Waals surface area contributed by atoms with Crippen LogP contribution in [0.15, 0.2) is 58.6 Å². The number of allylic oxidation sites excluding steroid dienone is 1. The van der Waals surface area contributed by atoms with Gasteiger partial charge in [-0.1, -0.05) is 18.2 Å². The summed E-state index contributed by atoms with van der Waals surface area (Å²) >= 11 is 0. The van der Waals surface area contributed by atoms with Crippen LogP contribution in [0.1, 0.15) is 53.4 Å². The topological polar surface area (TPSA) is 80.0 Å². The molecule has 2 aromatic rings. The molecule has 0 saturated carbocycles. The molecule has 4 atom stereocenters. The number of β-amino-alcohol motifs (C(OH)–C–C–N with tert-alkyl or cyclic N) is 1.